The molecule has 0 saturated carbocycles. The largest absolute Gasteiger partial charge is 0.356 e. The summed E-state index contributed by atoms with van der Waals surface area (Å²) in [6.45, 7) is 0.481. The van der Waals surface area contributed by atoms with Crippen molar-refractivity contribution < 1.29 is 14.4 Å². The number of fused-ring (bicyclic) bond motifs is 1. The summed E-state index contributed by atoms with van der Waals surface area (Å²) < 4.78 is 1.06. The van der Waals surface area contributed by atoms with E-state index in [2.05, 4.69) is 20.3 Å². The summed E-state index contributed by atoms with van der Waals surface area (Å²) in [6.07, 6.45) is 4.12. The van der Waals surface area contributed by atoms with Crippen LogP contribution in [0, 0.1) is 5.92 Å². The Hall–Kier alpha value is -4.79. The van der Waals surface area contributed by atoms with Crippen LogP contribution in [0.5, 0.6) is 0 Å². The van der Waals surface area contributed by atoms with Gasteiger partial charge in [-0.25, -0.2) is 4.98 Å². The first-order chi connectivity index (χ1) is 19.4. The Kier molecular flexibility index (Phi) is 9.77. The zero-order valence-electron chi connectivity index (χ0n) is 22.0. The van der Waals surface area contributed by atoms with Crippen molar-refractivity contribution in [2.24, 2.45) is 16.8 Å². The monoisotopic (exact) mass is 537 g/mol. The second-order valence-corrected chi connectivity index (χ2v) is 9.71. The van der Waals surface area contributed by atoms with Gasteiger partial charge in [0.05, 0.1) is 5.69 Å². The van der Waals surface area contributed by atoms with Crippen LogP contribution < -0.4 is 11.1 Å². The van der Waals surface area contributed by atoms with Crippen molar-refractivity contribution in [1.82, 2.24) is 14.9 Å². The minimum absolute atomic E-state index is 0.0455. The van der Waals surface area contributed by atoms with E-state index in [9.17, 15) is 14.4 Å². The number of carbonyl (C=O) groups excluding carboxylic acids is 3. The lowest BCUT2D eigenvalue weighted by Gasteiger charge is -2.19. The summed E-state index contributed by atoms with van der Waals surface area (Å²) in [6, 6.07) is 22.5. The number of hydrogen-bond acceptors (Lipinski definition) is 5. The summed E-state index contributed by atoms with van der Waals surface area (Å²) in [4.78, 5) is 44.8. The third-order valence-electron chi connectivity index (χ3n) is 6.73. The fourth-order valence-corrected chi connectivity index (χ4v) is 4.75. The Labute approximate surface area is 231 Å². The normalized spacial score (nSPS) is 12.3. The Morgan fingerprint density at radius 1 is 0.975 bits per heavy atom. The van der Waals surface area contributed by atoms with Crippen molar-refractivity contribution in [2.75, 3.05) is 6.54 Å². The van der Waals surface area contributed by atoms with Gasteiger partial charge in [-0.2, -0.15) is 0 Å². The number of azide groups is 1. The number of nitrogens with one attached hydrogen (secondary N) is 1. The number of ketones is 1. The average Bonchev–Trinajstić information content (AvgIpc) is 3.42. The van der Waals surface area contributed by atoms with E-state index >= 15 is 0 Å². The van der Waals surface area contributed by atoms with Crippen LogP contribution in [-0.4, -0.2) is 39.9 Å². The average molecular weight is 538 g/mol. The molecule has 0 saturated heterocycles. The molecule has 0 aliphatic carbocycles. The maximum Gasteiger partial charge on any atom is 0.319 e. The first-order valence-electron chi connectivity index (χ1n) is 13.1. The number of aromatic nitrogens is 2. The highest BCUT2D eigenvalue weighted by atomic mass is 16.2. The van der Waals surface area contributed by atoms with Gasteiger partial charge < -0.3 is 11.1 Å². The lowest BCUT2D eigenvalue weighted by molar-refractivity contribution is -0.129. The lowest BCUT2D eigenvalue weighted by atomic mass is 9.86. The van der Waals surface area contributed by atoms with Crippen LogP contribution in [0.25, 0.3) is 21.2 Å². The Morgan fingerprint density at radius 3 is 2.52 bits per heavy atom. The highest BCUT2D eigenvalue weighted by Gasteiger charge is 2.25. The molecule has 1 aromatic heterocycles. The van der Waals surface area contributed by atoms with Crippen LogP contribution in [0.1, 0.15) is 29.7 Å². The SMILES string of the molecule is [N-]=[N+]=NC(=O)n1cnc(C[C@H](N)CC(=O)C(CC(=O)NCCc2ccccc2)Cc2cccc3ccccc23)c1. The van der Waals surface area contributed by atoms with Crippen molar-refractivity contribution in [3.63, 3.8) is 0 Å². The zero-order valence-corrected chi connectivity index (χ0v) is 22.0. The molecule has 10 nitrogen and oxygen atoms in total. The maximum absolute atomic E-state index is 13.5. The van der Waals surface area contributed by atoms with E-state index in [0.717, 1.165) is 26.5 Å². The number of amides is 2. The molecule has 0 aliphatic rings. The summed E-state index contributed by atoms with van der Waals surface area (Å²) in [5.41, 5.74) is 17.4. The standard InChI is InChI=1S/C30H31N7O3/c31-25(17-26-19-37(20-34-26)30(40)35-36-32)18-28(38)24(15-23-11-6-10-22-9-4-5-12-27(22)23)16-29(39)33-14-13-21-7-2-1-3-8-21/h1-12,19-20,24-25H,13-18,31H2,(H,33,39)/t24?,25-/m0/s1. The van der Waals surface area contributed by atoms with E-state index in [0.29, 0.717) is 25.1 Å². The van der Waals surface area contributed by atoms with Gasteiger partial charge in [0.2, 0.25) is 5.91 Å². The number of carbonyl (C=O) groups is 3. The van der Waals surface area contributed by atoms with Gasteiger partial charge >= 0.3 is 6.03 Å². The Bertz CT molecular complexity index is 1520. The predicted molar refractivity (Wildman–Crippen MR) is 152 cm³/mol. The van der Waals surface area contributed by atoms with E-state index in [-0.39, 0.29) is 31.0 Å². The molecule has 2 amide bonds. The molecule has 4 aromatic rings. The third-order valence-corrected chi connectivity index (χ3v) is 6.73. The summed E-state index contributed by atoms with van der Waals surface area (Å²) in [5, 5.41) is 8.10. The first kappa shape index (κ1) is 28.2. The number of hydrogen-bond donors (Lipinski definition) is 2. The lowest BCUT2D eigenvalue weighted by Crippen LogP contribution is -2.34. The zero-order chi connectivity index (χ0) is 28.3. The van der Waals surface area contributed by atoms with Crippen molar-refractivity contribution in [2.45, 2.75) is 38.1 Å². The summed E-state index contributed by atoms with van der Waals surface area (Å²) in [5.74, 6) is -0.848. The van der Waals surface area contributed by atoms with Gasteiger partial charge in [0.25, 0.3) is 0 Å². The van der Waals surface area contributed by atoms with Gasteiger partial charge in [0, 0.05) is 54.0 Å². The van der Waals surface area contributed by atoms with Gasteiger partial charge in [0.1, 0.15) is 12.1 Å². The number of benzene rings is 3. The van der Waals surface area contributed by atoms with Crippen molar-refractivity contribution in [3.05, 3.63) is 113 Å². The second kappa shape index (κ2) is 13.8. The fourth-order valence-electron chi connectivity index (χ4n) is 4.75. The van der Waals surface area contributed by atoms with E-state index in [1.54, 1.807) is 0 Å². The van der Waals surface area contributed by atoms with Gasteiger partial charge in [-0.1, -0.05) is 72.8 Å². The van der Waals surface area contributed by atoms with Crippen molar-refractivity contribution in [1.29, 1.82) is 0 Å². The topological polar surface area (TPSA) is 156 Å². The quantitative estimate of drug-likeness (QED) is 0.151. The number of nitrogens with two attached hydrogens (primary N) is 1. The Balaban J connectivity index is 1.43. The van der Waals surface area contributed by atoms with Crippen LogP contribution in [0.15, 0.2) is 90.4 Å². The van der Waals surface area contributed by atoms with E-state index in [1.165, 1.54) is 12.5 Å². The van der Waals surface area contributed by atoms with Crippen LogP contribution in [0.3, 0.4) is 0 Å². The molecule has 1 unspecified atom stereocenters. The molecule has 3 N–H and O–H groups in total. The molecule has 10 heteroatoms. The molecule has 1 heterocycles. The van der Waals surface area contributed by atoms with Crippen molar-refractivity contribution in [3.8, 4) is 0 Å². The predicted octanol–water partition coefficient (Wildman–Crippen LogP) is 4.75. The molecule has 0 aliphatic heterocycles. The van der Waals surface area contributed by atoms with E-state index in [1.807, 2.05) is 72.8 Å². The molecule has 3 aromatic carbocycles. The van der Waals surface area contributed by atoms with Gasteiger partial charge in [-0.15, -0.1) is 0 Å². The molecular weight excluding hydrogens is 506 g/mol. The highest BCUT2D eigenvalue weighted by molar-refractivity contribution is 5.90. The second-order valence-electron chi connectivity index (χ2n) is 9.71. The van der Waals surface area contributed by atoms with Crippen LogP contribution in [-0.2, 0) is 28.9 Å². The van der Waals surface area contributed by atoms with Crippen LogP contribution >= 0.6 is 0 Å². The molecule has 40 heavy (non-hydrogen) atoms. The fraction of sp³-hybridized carbons (Fsp3) is 0.267. The van der Waals surface area contributed by atoms with Crippen molar-refractivity contribution >= 4 is 28.5 Å². The number of nitrogens with zero attached hydrogens (tertiary/aromatic N) is 5. The molecule has 4 rings (SSSR count). The minimum atomic E-state index is -0.806. The number of rotatable bonds is 12. The summed E-state index contributed by atoms with van der Waals surface area (Å²) >= 11 is 0. The minimum Gasteiger partial charge on any atom is -0.356 e. The highest BCUT2D eigenvalue weighted by Crippen LogP contribution is 2.24. The van der Waals surface area contributed by atoms with E-state index < -0.39 is 18.0 Å². The first-order valence-corrected chi connectivity index (χ1v) is 13.1. The molecular formula is C30H31N7O3. The van der Waals surface area contributed by atoms with Crippen LogP contribution in [0.4, 0.5) is 4.79 Å². The molecule has 0 spiro atoms. The van der Waals surface area contributed by atoms with Gasteiger partial charge in [-0.05, 0) is 40.3 Å². The van der Waals surface area contributed by atoms with E-state index in [4.69, 9.17) is 11.3 Å². The van der Waals surface area contributed by atoms with Crippen LogP contribution in [0.2, 0.25) is 0 Å². The van der Waals surface area contributed by atoms with Gasteiger partial charge in [0.15, 0.2) is 0 Å². The molecule has 0 fully saturated rings. The van der Waals surface area contributed by atoms with Gasteiger partial charge in [-0.3, -0.25) is 19.0 Å². The molecule has 2 atom stereocenters. The molecule has 0 radical (unpaired) electrons. The summed E-state index contributed by atoms with van der Waals surface area (Å²) in [7, 11) is 0. The third kappa shape index (κ3) is 7.86. The maximum atomic E-state index is 13.5. The Morgan fingerprint density at radius 2 is 1.73 bits per heavy atom. The number of Topliss-reactive ketones (excluding diaryl/α,β-unsaturated/α-hetero) is 1. The smallest absolute Gasteiger partial charge is 0.319 e. The number of imidazole rings is 1. The molecule has 204 valence electrons. The molecule has 0 bridgehead atoms.